The van der Waals surface area contributed by atoms with Crippen molar-refractivity contribution in [3.05, 3.63) is 0 Å². The van der Waals surface area contributed by atoms with E-state index in [-0.39, 0.29) is 25.6 Å². The van der Waals surface area contributed by atoms with Gasteiger partial charge in [0.15, 0.2) is 13.1 Å². The fourth-order valence-corrected chi connectivity index (χ4v) is 2.33. The molecule has 1 aliphatic heterocycles. The molecule has 7 heteroatoms. The summed E-state index contributed by atoms with van der Waals surface area (Å²) in [5.74, 6) is -0.341. The highest BCUT2D eigenvalue weighted by Gasteiger charge is 2.23. The highest BCUT2D eigenvalue weighted by Crippen LogP contribution is 2.07. The molecule has 0 aromatic heterocycles. The van der Waals surface area contributed by atoms with Gasteiger partial charge >= 0.3 is 6.09 Å². The Balaban J connectivity index is 2.37. The van der Waals surface area contributed by atoms with Crippen LogP contribution in [0.4, 0.5) is 4.79 Å². The van der Waals surface area contributed by atoms with Gasteiger partial charge in [-0.15, -0.1) is 0 Å². The number of ether oxygens (including phenoxy) is 1. The summed E-state index contributed by atoms with van der Waals surface area (Å²) in [6, 6.07) is 0. The van der Waals surface area contributed by atoms with Gasteiger partial charge in [-0.05, 0) is 33.1 Å². The fourth-order valence-electron chi connectivity index (χ4n) is 2.33. The third kappa shape index (κ3) is 6.57. The van der Waals surface area contributed by atoms with Crippen molar-refractivity contribution in [1.29, 1.82) is 0 Å². The van der Waals surface area contributed by atoms with Gasteiger partial charge in [0.1, 0.15) is 0 Å². The number of hydrogen-bond acceptors (Lipinski definition) is 4. The lowest BCUT2D eigenvalue weighted by Gasteiger charge is -2.28. The van der Waals surface area contributed by atoms with Crippen LogP contribution in [0, 0.1) is 0 Å². The molecule has 0 aliphatic carbocycles. The number of rotatable bonds is 6. The summed E-state index contributed by atoms with van der Waals surface area (Å²) in [7, 11) is 0. The molecule has 0 spiro atoms. The van der Waals surface area contributed by atoms with Crippen molar-refractivity contribution in [3.63, 3.8) is 0 Å². The maximum Gasteiger partial charge on any atom is 0.414 e. The predicted molar refractivity (Wildman–Crippen MR) is 76.8 cm³/mol. The summed E-state index contributed by atoms with van der Waals surface area (Å²) in [5.41, 5.74) is 0. The Morgan fingerprint density at radius 3 is 2.33 bits per heavy atom. The van der Waals surface area contributed by atoms with Crippen LogP contribution < -0.4 is 10.2 Å². The van der Waals surface area contributed by atoms with E-state index < -0.39 is 12.0 Å². The molecule has 120 valence electrons. The molecule has 1 heterocycles. The van der Waals surface area contributed by atoms with E-state index in [0.29, 0.717) is 6.54 Å². The number of nitrogens with one attached hydrogen (secondary N) is 2. The summed E-state index contributed by atoms with van der Waals surface area (Å²) < 4.78 is 4.65. The van der Waals surface area contributed by atoms with E-state index in [1.807, 2.05) is 11.8 Å². The molecular formula is C14H26N3O4+. The quantitative estimate of drug-likeness (QED) is 0.671. The molecule has 1 aliphatic rings. The van der Waals surface area contributed by atoms with Gasteiger partial charge in [0.05, 0.1) is 13.2 Å². The molecule has 0 bridgehead atoms. The third-order valence-electron chi connectivity index (χ3n) is 3.54. The van der Waals surface area contributed by atoms with Crippen molar-refractivity contribution in [3.8, 4) is 0 Å². The van der Waals surface area contributed by atoms with Crippen molar-refractivity contribution < 1.29 is 24.0 Å². The zero-order valence-corrected chi connectivity index (χ0v) is 12.9. The van der Waals surface area contributed by atoms with E-state index in [9.17, 15) is 14.4 Å². The van der Waals surface area contributed by atoms with Crippen LogP contribution in [0.2, 0.25) is 0 Å². The monoisotopic (exact) mass is 300 g/mol. The highest BCUT2D eigenvalue weighted by atomic mass is 16.5. The average Bonchev–Trinajstić information content (AvgIpc) is 2.47. The Hall–Kier alpha value is -1.63. The summed E-state index contributed by atoms with van der Waals surface area (Å²) in [5, 5.41) is 2.15. The van der Waals surface area contributed by atoms with Gasteiger partial charge in [-0.1, -0.05) is 0 Å². The van der Waals surface area contributed by atoms with Crippen LogP contribution in [-0.4, -0.2) is 62.1 Å². The van der Waals surface area contributed by atoms with Gasteiger partial charge in [-0.2, -0.15) is 0 Å². The van der Waals surface area contributed by atoms with Crippen LogP contribution in [-0.2, 0) is 14.3 Å². The summed E-state index contributed by atoms with van der Waals surface area (Å²) in [6.45, 7) is 6.45. The lowest BCUT2D eigenvalue weighted by Crippen LogP contribution is -3.14. The smallest absolute Gasteiger partial charge is 0.414 e. The Morgan fingerprint density at radius 1 is 1.10 bits per heavy atom. The second kappa shape index (κ2) is 9.33. The van der Waals surface area contributed by atoms with E-state index >= 15 is 0 Å². The number of carbonyl (C=O) groups is 3. The molecule has 7 nitrogen and oxygen atoms in total. The fraction of sp³-hybridized carbons (Fsp3) is 0.786. The molecule has 1 unspecified atom stereocenters. The first-order valence-corrected chi connectivity index (χ1v) is 7.64. The molecule has 3 amide bonds. The molecule has 2 N–H and O–H groups in total. The average molecular weight is 300 g/mol. The minimum Gasteiger partial charge on any atom is -0.450 e. The molecule has 21 heavy (non-hydrogen) atoms. The van der Waals surface area contributed by atoms with Crippen molar-refractivity contribution >= 4 is 17.9 Å². The number of likely N-dealkylation sites (N-methyl/N-ethyl adjacent to an activating group) is 1. The largest absolute Gasteiger partial charge is 0.450 e. The SMILES string of the molecule is CCOC(=O)NC(=O)C[NH+](CC)CC(=O)N1CCCCC1. The van der Waals surface area contributed by atoms with Crippen molar-refractivity contribution in [2.24, 2.45) is 0 Å². The first kappa shape index (κ1) is 17.4. The number of hydrogen-bond donors (Lipinski definition) is 2. The number of amides is 3. The first-order valence-electron chi connectivity index (χ1n) is 7.64. The van der Waals surface area contributed by atoms with E-state index in [2.05, 4.69) is 10.1 Å². The topological polar surface area (TPSA) is 80.1 Å². The van der Waals surface area contributed by atoms with Crippen LogP contribution in [0.5, 0.6) is 0 Å². The van der Waals surface area contributed by atoms with Crippen LogP contribution in [0.1, 0.15) is 33.1 Å². The number of piperidine rings is 1. The lowest BCUT2D eigenvalue weighted by molar-refractivity contribution is -0.882. The number of likely N-dealkylation sites (tertiary alicyclic amines) is 1. The summed E-state index contributed by atoms with van der Waals surface area (Å²) >= 11 is 0. The van der Waals surface area contributed by atoms with Gasteiger partial charge < -0.3 is 14.5 Å². The Kier molecular flexibility index (Phi) is 7.74. The maximum atomic E-state index is 12.2. The summed E-state index contributed by atoms with van der Waals surface area (Å²) in [6.07, 6.45) is 2.55. The molecule has 1 saturated heterocycles. The molecule has 0 saturated carbocycles. The normalized spacial score (nSPS) is 16.2. The van der Waals surface area contributed by atoms with Crippen molar-refractivity contribution in [1.82, 2.24) is 10.2 Å². The number of alkyl carbamates (subject to hydrolysis) is 1. The number of carbonyl (C=O) groups excluding carboxylic acids is 3. The Morgan fingerprint density at radius 2 is 1.76 bits per heavy atom. The highest BCUT2D eigenvalue weighted by molar-refractivity contribution is 5.92. The zero-order valence-electron chi connectivity index (χ0n) is 12.9. The van der Waals surface area contributed by atoms with Gasteiger partial charge in [-0.25, -0.2) is 4.79 Å². The van der Waals surface area contributed by atoms with Crippen molar-refractivity contribution in [2.75, 3.05) is 39.3 Å². The minimum absolute atomic E-state index is 0.0792. The first-order chi connectivity index (χ1) is 10.1. The molecule has 0 radical (unpaired) electrons. The van der Waals surface area contributed by atoms with E-state index in [4.69, 9.17) is 0 Å². The Bertz CT molecular complexity index is 367. The van der Waals surface area contributed by atoms with Crippen LogP contribution in [0.25, 0.3) is 0 Å². The van der Waals surface area contributed by atoms with E-state index in [1.54, 1.807) is 6.92 Å². The Labute approximate surface area is 125 Å². The molecule has 0 aromatic carbocycles. The van der Waals surface area contributed by atoms with Gasteiger partial charge in [-0.3, -0.25) is 14.9 Å². The zero-order chi connectivity index (χ0) is 15.7. The second-order valence-corrected chi connectivity index (χ2v) is 5.17. The van der Waals surface area contributed by atoms with E-state index in [1.165, 1.54) is 6.42 Å². The van der Waals surface area contributed by atoms with Gasteiger partial charge in [0.25, 0.3) is 11.8 Å². The number of imide groups is 1. The summed E-state index contributed by atoms with van der Waals surface area (Å²) in [4.78, 5) is 37.7. The minimum atomic E-state index is -0.736. The molecule has 0 aromatic rings. The van der Waals surface area contributed by atoms with Crippen LogP contribution in [0.3, 0.4) is 0 Å². The van der Waals surface area contributed by atoms with Crippen LogP contribution in [0.15, 0.2) is 0 Å². The van der Waals surface area contributed by atoms with Gasteiger partial charge in [0.2, 0.25) is 0 Å². The third-order valence-corrected chi connectivity index (χ3v) is 3.54. The number of nitrogens with zero attached hydrogens (tertiary/aromatic N) is 1. The molecule has 1 atom stereocenters. The van der Waals surface area contributed by atoms with Crippen molar-refractivity contribution in [2.45, 2.75) is 33.1 Å². The second-order valence-electron chi connectivity index (χ2n) is 5.17. The molecule has 1 fully saturated rings. The standard InChI is InChI=1S/C14H25N3O4/c1-3-16(10-12(18)15-14(20)21-4-2)11-13(19)17-8-6-5-7-9-17/h3-11H2,1-2H3,(H,15,18,20)/p+1. The van der Waals surface area contributed by atoms with Gasteiger partial charge in [0, 0.05) is 13.1 Å². The van der Waals surface area contributed by atoms with E-state index in [0.717, 1.165) is 30.8 Å². The van der Waals surface area contributed by atoms with Crippen LogP contribution >= 0.6 is 0 Å². The maximum absolute atomic E-state index is 12.2. The molecular weight excluding hydrogens is 274 g/mol. The lowest BCUT2D eigenvalue weighted by atomic mass is 10.1. The molecule has 1 rings (SSSR count). The number of quaternary nitrogens is 1. The predicted octanol–water partition coefficient (Wildman–Crippen LogP) is -0.824.